The number of rotatable bonds is 8. The predicted octanol–water partition coefficient (Wildman–Crippen LogP) is 1.79. The summed E-state index contributed by atoms with van der Waals surface area (Å²) in [5.74, 6) is 0.888. The lowest BCUT2D eigenvalue weighted by Gasteiger charge is -2.21. The fourth-order valence-electron chi connectivity index (χ4n) is 2.39. The van der Waals surface area contributed by atoms with Crippen LogP contribution >= 0.6 is 0 Å². The molecule has 0 radical (unpaired) electrons. The van der Waals surface area contributed by atoms with Crippen LogP contribution in [0.1, 0.15) is 26.3 Å². The van der Waals surface area contributed by atoms with E-state index in [1.54, 1.807) is 43.2 Å². The molecule has 1 heterocycles. The molecule has 1 aromatic heterocycles. The van der Waals surface area contributed by atoms with Gasteiger partial charge in [-0.3, -0.25) is 4.68 Å². The number of aromatic nitrogens is 2. The van der Waals surface area contributed by atoms with E-state index >= 15 is 0 Å². The van der Waals surface area contributed by atoms with Crippen LogP contribution in [-0.4, -0.2) is 46.6 Å². The minimum atomic E-state index is -1.12. The van der Waals surface area contributed by atoms with E-state index in [0.717, 1.165) is 0 Å². The van der Waals surface area contributed by atoms with Crippen LogP contribution in [-0.2, 0) is 12.6 Å². The first kappa shape index (κ1) is 20.7. The van der Waals surface area contributed by atoms with Crippen molar-refractivity contribution < 1.29 is 14.2 Å². The Morgan fingerprint density at radius 2 is 2.07 bits per heavy atom. The molecule has 3 N–H and O–H groups in total. The van der Waals surface area contributed by atoms with Gasteiger partial charge in [-0.15, -0.1) is 0 Å². The highest BCUT2D eigenvalue weighted by Crippen LogP contribution is 2.19. The van der Waals surface area contributed by atoms with Crippen molar-refractivity contribution in [2.24, 2.45) is 12.0 Å². The van der Waals surface area contributed by atoms with E-state index in [2.05, 4.69) is 20.7 Å². The minimum Gasteiger partial charge on any atom is -0.489 e. The Morgan fingerprint density at radius 1 is 1.37 bits per heavy atom. The molecule has 0 aliphatic carbocycles. The number of hydrogen-bond acceptors (Lipinski definition) is 4. The number of ether oxygens (including phenoxy) is 1. The Bertz CT molecular complexity index is 743. The molecule has 0 fully saturated rings. The molecule has 8 heteroatoms. The Morgan fingerprint density at radius 3 is 2.67 bits per heavy atom. The number of hydrogen-bond donors (Lipinski definition) is 3. The molecule has 0 amide bonds. The maximum Gasteiger partial charge on any atom is 0.191 e. The average Bonchev–Trinajstić information content (AvgIpc) is 3.07. The second-order valence-corrected chi connectivity index (χ2v) is 6.63. The second-order valence-electron chi connectivity index (χ2n) is 6.63. The van der Waals surface area contributed by atoms with Crippen molar-refractivity contribution >= 4 is 5.96 Å². The van der Waals surface area contributed by atoms with Gasteiger partial charge in [0.25, 0.3) is 0 Å². The number of aliphatic imine (C=N–C) groups is 1. The molecule has 1 aromatic carbocycles. The summed E-state index contributed by atoms with van der Waals surface area (Å²) >= 11 is 0. The van der Waals surface area contributed by atoms with Crippen molar-refractivity contribution in [3.8, 4) is 5.75 Å². The summed E-state index contributed by atoms with van der Waals surface area (Å²) in [6.07, 6.45) is 3.25. The quantitative estimate of drug-likeness (QED) is 0.483. The zero-order chi connectivity index (χ0) is 19.9. The Kier molecular flexibility index (Phi) is 7.18. The van der Waals surface area contributed by atoms with Gasteiger partial charge in [-0.05, 0) is 45.0 Å². The molecule has 0 bridgehead atoms. The molecule has 0 saturated heterocycles. The van der Waals surface area contributed by atoms with Gasteiger partial charge in [-0.25, -0.2) is 9.38 Å². The number of benzene rings is 1. The third-order valence-electron chi connectivity index (χ3n) is 3.92. The Balaban J connectivity index is 1.91. The molecule has 2 aromatic rings. The SMILES string of the molecule is CCNC(=NCC(C)(O)c1cnn(C)c1)NCC(C)Oc1ccc(F)cc1. The van der Waals surface area contributed by atoms with E-state index in [0.29, 0.717) is 30.4 Å². The number of nitrogens with zero attached hydrogens (tertiary/aromatic N) is 3. The van der Waals surface area contributed by atoms with Crippen molar-refractivity contribution in [2.75, 3.05) is 19.6 Å². The molecular formula is C19H28FN5O2. The van der Waals surface area contributed by atoms with Crippen molar-refractivity contribution in [1.82, 2.24) is 20.4 Å². The molecule has 0 aliphatic heterocycles. The van der Waals surface area contributed by atoms with Gasteiger partial charge in [-0.2, -0.15) is 5.10 Å². The van der Waals surface area contributed by atoms with Gasteiger partial charge >= 0.3 is 0 Å². The summed E-state index contributed by atoms with van der Waals surface area (Å²) in [6.45, 7) is 6.95. The van der Waals surface area contributed by atoms with Crippen molar-refractivity contribution in [3.05, 3.63) is 48.0 Å². The fourth-order valence-corrected chi connectivity index (χ4v) is 2.39. The monoisotopic (exact) mass is 377 g/mol. The summed E-state index contributed by atoms with van der Waals surface area (Å²) in [6, 6.07) is 5.91. The average molecular weight is 377 g/mol. The lowest BCUT2D eigenvalue weighted by molar-refractivity contribution is 0.0671. The molecule has 0 aliphatic rings. The number of aliphatic hydroxyl groups is 1. The zero-order valence-corrected chi connectivity index (χ0v) is 16.2. The van der Waals surface area contributed by atoms with Gasteiger partial charge in [0.05, 0.1) is 19.3 Å². The first-order valence-electron chi connectivity index (χ1n) is 8.96. The van der Waals surface area contributed by atoms with E-state index < -0.39 is 5.60 Å². The smallest absolute Gasteiger partial charge is 0.191 e. The highest BCUT2D eigenvalue weighted by Gasteiger charge is 2.24. The van der Waals surface area contributed by atoms with Gasteiger partial charge in [0.2, 0.25) is 0 Å². The predicted molar refractivity (Wildman–Crippen MR) is 103 cm³/mol. The van der Waals surface area contributed by atoms with Crippen LogP contribution in [0.25, 0.3) is 0 Å². The van der Waals surface area contributed by atoms with Gasteiger partial charge in [0, 0.05) is 25.4 Å². The second kappa shape index (κ2) is 9.36. The van der Waals surface area contributed by atoms with E-state index in [-0.39, 0.29) is 18.5 Å². The summed E-state index contributed by atoms with van der Waals surface area (Å²) < 4.78 is 20.3. The number of halogens is 1. The zero-order valence-electron chi connectivity index (χ0n) is 16.2. The maximum atomic E-state index is 13.0. The third-order valence-corrected chi connectivity index (χ3v) is 3.92. The van der Waals surface area contributed by atoms with Crippen molar-refractivity contribution in [1.29, 1.82) is 0 Å². The molecule has 27 heavy (non-hydrogen) atoms. The van der Waals surface area contributed by atoms with Crippen LogP contribution in [0.3, 0.4) is 0 Å². The van der Waals surface area contributed by atoms with E-state index in [1.165, 1.54) is 12.1 Å². The summed E-state index contributed by atoms with van der Waals surface area (Å²) in [5, 5.41) is 21.1. The molecule has 2 unspecified atom stereocenters. The molecule has 2 atom stereocenters. The molecular weight excluding hydrogens is 349 g/mol. The van der Waals surface area contributed by atoms with E-state index in [9.17, 15) is 9.50 Å². The molecule has 0 saturated carbocycles. The van der Waals surface area contributed by atoms with Crippen molar-refractivity contribution in [2.45, 2.75) is 32.5 Å². The van der Waals surface area contributed by atoms with Gasteiger partial charge < -0.3 is 20.5 Å². The van der Waals surface area contributed by atoms with Crippen LogP contribution < -0.4 is 15.4 Å². The molecule has 7 nitrogen and oxygen atoms in total. The molecule has 148 valence electrons. The lowest BCUT2D eigenvalue weighted by atomic mass is 10.0. The summed E-state index contributed by atoms with van der Waals surface area (Å²) in [5.41, 5.74) is -0.412. The van der Waals surface area contributed by atoms with Crippen LogP contribution in [0, 0.1) is 5.82 Å². The van der Waals surface area contributed by atoms with E-state index in [1.807, 2.05) is 13.8 Å². The molecule has 0 spiro atoms. The Labute approximate surface area is 159 Å². The Hall–Kier alpha value is -2.61. The van der Waals surface area contributed by atoms with Gasteiger partial charge in [-0.1, -0.05) is 0 Å². The minimum absolute atomic E-state index is 0.154. The van der Waals surface area contributed by atoms with Crippen molar-refractivity contribution in [3.63, 3.8) is 0 Å². The van der Waals surface area contributed by atoms with Crippen LogP contribution in [0.4, 0.5) is 4.39 Å². The van der Waals surface area contributed by atoms with Crippen LogP contribution in [0.15, 0.2) is 41.7 Å². The first-order valence-corrected chi connectivity index (χ1v) is 8.96. The normalized spacial score (nSPS) is 15.1. The highest BCUT2D eigenvalue weighted by molar-refractivity contribution is 5.79. The summed E-state index contributed by atoms with van der Waals surface area (Å²) in [7, 11) is 1.80. The molecule has 2 rings (SSSR count). The van der Waals surface area contributed by atoms with E-state index in [4.69, 9.17) is 4.74 Å². The van der Waals surface area contributed by atoms with Crippen LogP contribution in [0.2, 0.25) is 0 Å². The number of nitrogens with one attached hydrogen (secondary N) is 2. The number of aryl methyl sites for hydroxylation is 1. The first-order chi connectivity index (χ1) is 12.8. The van der Waals surface area contributed by atoms with Gasteiger partial charge in [0.1, 0.15) is 23.3 Å². The standard InChI is InChI=1S/C19H28FN5O2/c1-5-21-18(23-13-19(3,26)15-11-24-25(4)12-15)22-10-14(2)27-17-8-6-16(20)7-9-17/h6-9,11-12,14,26H,5,10,13H2,1-4H3,(H2,21,22,23). The summed E-state index contributed by atoms with van der Waals surface area (Å²) in [4.78, 5) is 4.46. The number of guanidine groups is 1. The largest absolute Gasteiger partial charge is 0.489 e. The lowest BCUT2D eigenvalue weighted by Crippen LogP contribution is -2.42. The maximum absolute atomic E-state index is 13.0. The van der Waals surface area contributed by atoms with Crippen LogP contribution in [0.5, 0.6) is 5.75 Å². The third kappa shape index (κ3) is 6.56. The highest BCUT2D eigenvalue weighted by atomic mass is 19.1. The topological polar surface area (TPSA) is 83.7 Å². The fraction of sp³-hybridized carbons (Fsp3) is 0.474. The van der Waals surface area contributed by atoms with Gasteiger partial charge in [0.15, 0.2) is 5.96 Å².